The topological polar surface area (TPSA) is 36.4 Å². The number of aryl methyl sites for hydroxylation is 2. The van der Waals surface area contributed by atoms with Crippen LogP contribution in [0, 0.1) is 6.92 Å². The van der Waals surface area contributed by atoms with E-state index in [-0.39, 0.29) is 5.91 Å². The summed E-state index contributed by atoms with van der Waals surface area (Å²) in [4.78, 5) is 20.9. The van der Waals surface area contributed by atoms with E-state index in [1.165, 1.54) is 11.1 Å². The van der Waals surface area contributed by atoms with Crippen molar-refractivity contribution in [2.45, 2.75) is 19.8 Å². The zero-order chi connectivity index (χ0) is 15.4. The van der Waals surface area contributed by atoms with Crippen molar-refractivity contribution in [1.82, 2.24) is 9.88 Å². The molecule has 0 radical (unpaired) electrons. The second-order valence-corrected chi connectivity index (χ2v) is 6.54. The summed E-state index contributed by atoms with van der Waals surface area (Å²) in [7, 11) is 0. The highest BCUT2D eigenvalue weighted by Crippen LogP contribution is 2.19. The van der Waals surface area contributed by atoms with Crippen molar-refractivity contribution in [3.05, 3.63) is 47.0 Å². The molecular formula is C17H21N3OS. The Morgan fingerprint density at radius 1 is 1.27 bits per heavy atom. The lowest BCUT2D eigenvalue weighted by Gasteiger charge is -2.34. The first-order valence-corrected chi connectivity index (χ1v) is 8.58. The number of aromatic nitrogens is 1. The Labute approximate surface area is 135 Å². The minimum absolute atomic E-state index is 0.264. The minimum atomic E-state index is 0.264. The first-order valence-electron chi connectivity index (χ1n) is 7.70. The molecule has 1 fully saturated rings. The molecule has 0 spiro atoms. The molecule has 1 amide bonds. The molecule has 0 saturated carbocycles. The monoisotopic (exact) mass is 315 g/mol. The molecule has 0 unspecified atom stereocenters. The molecule has 116 valence electrons. The molecule has 0 aliphatic carbocycles. The Kier molecular flexibility index (Phi) is 4.73. The van der Waals surface area contributed by atoms with Crippen LogP contribution in [0.25, 0.3) is 0 Å². The molecule has 1 aliphatic heterocycles. The Morgan fingerprint density at radius 3 is 2.77 bits per heavy atom. The molecule has 1 aromatic carbocycles. The molecule has 3 rings (SSSR count). The molecule has 1 aliphatic rings. The van der Waals surface area contributed by atoms with Crippen LogP contribution in [0.3, 0.4) is 0 Å². The van der Waals surface area contributed by atoms with Gasteiger partial charge < -0.3 is 9.80 Å². The van der Waals surface area contributed by atoms with Gasteiger partial charge in [-0.05, 0) is 18.9 Å². The van der Waals surface area contributed by atoms with Crippen LogP contribution in [0.1, 0.15) is 17.5 Å². The molecular weight excluding hydrogens is 294 g/mol. The first-order chi connectivity index (χ1) is 10.7. The maximum absolute atomic E-state index is 12.3. The second kappa shape index (κ2) is 6.92. The summed E-state index contributed by atoms with van der Waals surface area (Å²) in [6.45, 7) is 5.44. The lowest BCUT2D eigenvalue weighted by Crippen LogP contribution is -2.48. The number of thiazole rings is 1. The highest BCUT2D eigenvalue weighted by atomic mass is 32.1. The van der Waals surface area contributed by atoms with Crippen molar-refractivity contribution < 1.29 is 4.79 Å². The van der Waals surface area contributed by atoms with Crippen LogP contribution in [0.2, 0.25) is 0 Å². The summed E-state index contributed by atoms with van der Waals surface area (Å²) in [5.41, 5.74) is 2.50. The number of benzene rings is 1. The third-order valence-corrected chi connectivity index (χ3v) is 4.86. The normalized spacial score (nSPS) is 15.1. The third kappa shape index (κ3) is 3.65. The van der Waals surface area contributed by atoms with E-state index in [0.29, 0.717) is 6.42 Å². The fourth-order valence-corrected chi connectivity index (χ4v) is 3.49. The number of carbonyl (C=O) groups excluding carboxylic acids is 1. The van der Waals surface area contributed by atoms with Crippen LogP contribution in [0.4, 0.5) is 5.13 Å². The van der Waals surface area contributed by atoms with Crippen molar-refractivity contribution in [3.63, 3.8) is 0 Å². The highest BCUT2D eigenvalue weighted by Gasteiger charge is 2.21. The van der Waals surface area contributed by atoms with Crippen molar-refractivity contribution in [2.24, 2.45) is 0 Å². The highest BCUT2D eigenvalue weighted by molar-refractivity contribution is 7.13. The maximum Gasteiger partial charge on any atom is 0.223 e. The van der Waals surface area contributed by atoms with Crippen molar-refractivity contribution in [2.75, 3.05) is 31.1 Å². The minimum Gasteiger partial charge on any atom is -0.345 e. The van der Waals surface area contributed by atoms with E-state index >= 15 is 0 Å². The molecule has 0 bridgehead atoms. The fraction of sp³-hybridized carbons (Fsp3) is 0.412. The zero-order valence-electron chi connectivity index (χ0n) is 12.9. The van der Waals surface area contributed by atoms with Gasteiger partial charge in [0.15, 0.2) is 5.13 Å². The predicted molar refractivity (Wildman–Crippen MR) is 90.4 cm³/mol. The van der Waals surface area contributed by atoms with Gasteiger partial charge in [-0.1, -0.05) is 29.8 Å². The lowest BCUT2D eigenvalue weighted by atomic mass is 10.1. The summed E-state index contributed by atoms with van der Waals surface area (Å²) in [6.07, 6.45) is 3.26. The summed E-state index contributed by atoms with van der Waals surface area (Å²) in [5, 5.41) is 3.06. The first kappa shape index (κ1) is 15.0. The van der Waals surface area contributed by atoms with E-state index in [4.69, 9.17) is 0 Å². The van der Waals surface area contributed by atoms with E-state index in [9.17, 15) is 4.79 Å². The van der Waals surface area contributed by atoms with Gasteiger partial charge in [-0.15, -0.1) is 11.3 Å². The molecule has 1 saturated heterocycles. The summed E-state index contributed by atoms with van der Waals surface area (Å²) in [6, 6.07) is 8.40. The second-order valence-electron chi connectivity index (χ2n) is 5.67. The van der Waals surface area contributed by atoms with Crippen LogP contribution >= 0.6 is 11.3 Å². The Balaban J connectivity index is 1.48. The molecule has 0 atom stereocenters. The summed E-state index contributed by atoms with van der Waals surface area (Å²) >= 11 is 1.66. The van der Waals surface area contributed by atoms with Crippen molar-refractivity contribution in [3.8, 4) is 0 Å². The smallest absolute Gasteiger partial charge is 0.223 e. The molecule has 1 aromatic heterocycles. The van der Waals surface area contributed by atoms with E-state index in [2.05, 4.69) is 41.1 Å². The maximum atomic E-state index is 12.3. The number of amides is 1. The van der Waals surface area contributed by atoms with E-state index in [1.54, 1.807) is 11.3 Å². The Morgan fingerprint density at radius 2 is 2.09 bits per heavy atom. The molecule has 2 aromatic rings. The average molecular weight is 315 g/mol. The van der Waals surface area contributed by atoms with E-state index < -0.39 is 0 Å². The number of carbonyl (C=O) groups is 1. The molecule has 22 heavy (non-hydrogen) atoms. The van der Waals surface area contributed by atoms with Crippen LogP contribution in [0.15, 0.2) is 35.8 Å². The Bertz CT molecular complexity index is 619. The summed E-state index contributed by atoms with van der Waals surface area (Å²) < 4.78 is 0. The zero-order valence-corrected chi connectivity index (χ0v) is 13.7. The number of hydrogen-bond donors (Lipinski definition) is 0. The van der Waals surface area contributed by atoms with Gasteiger partial charge in [0.05, 0.1) is 0 Å². The molecule has 4 nitrogen and oxygen atoms in total. The lowest BCUT2D eigenvalue weighted by molar-refractivity contribution is -0.131. The molecule has 5 heteroatoms. The van der Waals surface area contributed by atoms with Gasteiger partial charge >= 0.3 is 0 Å². The summed E-state index contributed by atoms with van der Waals surface area (Å²) in [5.74, 6) is 0.264. The quantitative estimate of drug-likeness (QED) is 0.870. The Hall–Kier alpha value is -1.88. The molecule has 0 N–H and O–H groups in total. The van der Waals surface area contributed by atoms with Gasteiger partial charge in [-0.2, -0.15) is 0 Å². The fourth-order valence-electron chi connectivity index (χ4n) is 2.80. The predicted octanol–water partition coefficient (Wildman–Crippen LogP) is 2.73. The largest absolute Gasteiger partial charge is 0.345 e. The van der Waals surface area contributed by atoms with Crippen molar-refractivity contribution in [1.29, 1.82) is 0 Å². The van der Waals surface area contributed by atoms with Crippen LogP contribution in [-0.4, -0.2) is 42.0 Å². The number of rotatable bonds is 4. The van der Waals surface area contributed by atoms with Gasteiger partial charge in [0.25, 0.3) is 0 Å². The van der Waals surface area contributed by atoms with Crippen LogP contribution in [0.5, 0.6) is 0 Å². The van der Waals surface area contributed by atoms with E-state index in [1.807, 2.05) is 16.5 Å². The third-order valence-electron chi connectivity index (χ3n) is 4.03. The van der Waals surface area contributed by atoms with Gasteiger partial charge in [0, 0.05) is 44.2 Å². The molecule has 2 heterocycles. The SMILES string of the molecule is Cc1cccc(CCC(=O)N2CCN(c3nccs3)CC2)c1. The van der Waals surface area contributed by atoms with Gasteiger partial charge in [-0.3, -0.25) is 4.79 Å². The van der Waals surface area contributed by atoms with Crippen molar-refractivity contribution >= 4 is 22.4 Å². The number of nitrogens with zero attached hydrogens (tertiary/aromatic N) is 3. The van der Waals surface area contributed by atoms with E-state index in [0.717, 1.165) is 37.7 Å². The van der Waals surface area contributed by atoms with Gasteiger partial charge in [-0.25, -0.2) is 4.98 Å². The van der Waals surface area contributed by atoms with Crippen LogP contribution in [-0.2, 0) is 11.2 Å². The van der Waals surface area contributed by atoms with Gasteiger partial charge in [0.2, 0.25) is 5.91 Å². The number of hydrogen-bond acceptors (Lipinski definition) is 4. The number of piperazine rings is 1. The number of anilines is 1. The average Bonchev–Trinajstić information content (AvgIpc) is 3.07. The standard InChI is InChI=1S/C17H21N3OS/c1-14-3-2-4-15(13-14)5-6-16(21)19-8-10-20(11-9-19)17-18-7-12-22-17/h2-4,7,12-13H,5-6,8-11H2,1H3. The van der Waals surface area contributed by atoms with Crippen LogP contribution < -0.4 is 4.90 Å². The van der Waals surface area contributed by atoms with Gasteiger partial charge in [0.1, 0.15) is 0 Å².